The fraction of sp³-hybridized carbons (Fsp3) is 0.615. The van der Waals surface area contributed by atoms with Gasteiger partial charge in [-0.3, -0.25) is 4.79 Å². The Morgan fingerprint density at radius 3 is 2.60 bits per heavy atom. The second-order valence-corrected chi connectivity index (χ2v) is 6.33. The molecule has 1 fully saturated rings. The number of nitrogens with one attached hydrogen (secondary N) is 1. The molecule has 0 atom stereocenters. The van der Waals surface area contributed by atoms with E-state index in [9.17, 15) is 9.59 Å². The number of ether oxygens (including phenoxy) is 1. The van der Waals surface area contributed by atoms with E-state index >= 15 is 0 Å². The van der Waals surface area contributed by atoms with Crippen LogP contribution in [0.15, 0.2) is 0 Å². The lowest BCUT2D eigenvalue weighted by atomic mass is 9.82. The summed E-state index contributed by atoms with van der Waals surface area (Å²) in [5.41, 5.74) is -0.0499. The maximum Gasteiger partial charge on any atom is 0.356 e. The zero-order valence-corrected chi connectivity index (χ0v) is 12.4. The Labute approximate surface area is 121 Å². The Kier molecular flexibility index (Phi) is 4.39. The number of hydrogen-bond donors (Lipinski definition) is 2. The molecule has 0 spiro atoms. The number of aromatic nitrogens is 1. The minimum Gasteiger partial charge on any atom is -0.476 e. The number of rotatable bonds is 5. The molecule has 0 unspecified atom stereocenters. The summed E-state index contributed by atoms with van der Waals surface area (Å²) in [6.07, 6.45) is 1.91. The van der Waals surface area contributed by atoms with Gasteiger partial charge >= 0.3 is 5.97 Å². The van der Waals surface area contributed by atoms with E-state index in [1.54, 1.807) is 0 Å². The zero-order chi connectivity index (χ0) is 14.8. The molecule has 1 aromatic heterocycles. The second kappa shape index (κ2) is 5.88. The Balaban J connectivity index is 2.08. The molecular weight excluding hydrogens is 280 g/mol. The molecule has 0 aliphatic carbocycles. The third-order valence-electron chi connectivity index (χ3n) is 3.52. The van der Waals surface area contributed by atoms with Crippen LogP contribution in [-0.2, 0) is 4.74 Å². The maximum atomic E-state index is 11.4. The highest BCUT2D eigenvalue weighted by molar-refractivity contribution is 7.17. The van der Waals surface area contributed by atoms with Crippen LogP contribution in [0.25, 0.3) is 0 Å². The molecule has 1 aliphatic rings. The number of thiazole rings is 1. The minimum absolute atomic E-state index is 0.115. The number of carboxylic acids is 1. The Bertz CT molecular complexity index is 489. The van der Waals surface area contributed by atoms with Crippen LogP contribution < -0.4 is 5.32 Å². The summed E-state index contributed by atoms with van der Waals surface area (Å²) in [7, 11) is 0. The second-order valence-electron chi connectivity index (χ2n) is 5.33. The van der Waals surface area contributed by atoms with E-state index in [1.165, 1.54) is 6.92 Å². The van der Waals surface area contributed by atoms with Crippen molar-refractivity contribution < 1.29 is 19.4 Å². The first kappa shape index (κ1) is 14.9. The minimum atomic E-state index is -1.17. The number of hydrogen-bond acceptors (Lipinski definition) is 6. The van der Waals surface area contributed by atoms with E-state index in [-0.39, 0.29) is 21.8 Å². The number of ketones is 1. The van der Waals surface area contributed by atoms with Gasteiger partial charge in [0.15, 0.2) is 16.6 Å². The van der Waals surface area contributed by atoms with Crippen LogP contribution >= 0.6 is 11.3 Å². The van der Waals surface area contributed by atoms with E-state index in [2.05, 4.69) is 17.2 Å². The third kappa shape index (κ3) is 3.34. The highest BCUT2D eigenvalue weighted by atomic mass is 32.1. The van der Waals surface area contributed by atoms with Crippen LogP contribution in [0.5, 0.6) is 0 Å². The molecule has 0 aromatic carbocycles. The first-order valence-electron chi connectivity index (χ1n) is 6.48. The predicted molar refractivity (Wildman–Crippen MR) is 75.7 cm³/mol. The standard InChI is InChI=1S/C13H18N2O4S/c1-8(16)10-9(11(17)18)15-12(20-10)14-7-13(2)3-5-19-6-4-13/h3-7H2,1-2H3,(H,14,15)(H,17,18). The summed E-state index contributed by atoms with van der Waals surface area (Å²) in [6.45, 7) is 5.70. The van der Waals surface area contributed by atoms with Gasteiger partial charge in [-0.2, -0.15) is 0 Å². The molecule has 0 radical (unpaired) electrons. The van der Waals surface area contributed by atoms with E-state index in [4.69, 9.17) is 9.84 Å². The van der Waals surface area contributed by atoms with Gasteiger partial charge in [-0.25, -0.2) is 9.78 Å². The maximum absolute atomic E-state index is 11.4. The fourth-order valence-corrected chi connectivity index (χ4v) is 2.96. The lowest BCUT2D eigenvalue weighted by molar-refractivity contribution is 0.0300. The quantitative estimate of drug-likeness (QED) is 0.811. The van der Waals surface area contributed by atoms with E-state index in [0.29, 0.717) is 11.7 Å². The van der Waals surface area contributed by atoms with Crippen molar-refractivity contribution in [2.75, 3.05) is 25.1 Å². The topological polar surface area (TPSA) is 88.5 Å². The Morgan fingerprint density at radius 2 is 2.10 bits per heavy atom. The van der Waals surface area contributed by atoms with Crippen LogP contribution in [0.3, 0.4) is 0 Å². The average Bonchev–Trinajstić information content (AvgIpc) is 2.82. The largest absolute Gasteiger partial charge is 0.476 e. The lowest BCUT2D eigenvalue weighted by Gasteiger charge is -2.33. The summed E-state index contributed by atoms with van der Waals surface area (Å²) in [4.78, 5) is 26.7. The smallest absolute Gasteiger partial charge is 0.356 e. The van der Waals surface area contributed by atoms with Gasteiger partial charge in [0.05, 0.1) is 0 Å². The van der Waals surface area contributed by atoms with Crippen molar-refractivity contribution in [2.24, 2.45) is 5.41 Å². The van der Waals surface area contributed by atoms with E-state index in [1.807, 2.05) is 0 Å². The average molecular weight is 298 g/mol. The normalized spacial score (nSPS) is 17.7. The summed E-state index contributed by atoms with van der Waals surface area (Å²) in [6, 6.07) is 0. The molecule has 1 aliphatic heterocycles. The van der Waals surface area contributed by atoms with Crippen molar-refractivity contribution in [1.29, 1.82) is 0 Å². The van der Waals surface area contributed by atoms with Gasteiger partial charge in [0.2, 0.25) is 0 Å². The molecule has 110 valence electrons. The van der Waals surface area contributed by atoms with Crippen LogP contribution in [0, 0.1) is 5.41 Å². The highest BCUT2D eigenvalue weighted by Gasteiger charge is 2.28. The van der Waals surface area contributed by atoms with E-state index in [0.717, 1.165) is 37.4 Å². The third-order valence-corrected chi connectivity index (χ3v) is 4.63. The number of nitrogens with zero attached hydrogens (tertiary/aromatic N) is 1. The molecule has 7 heteroatoms. The molecule has 0 saturated carbocycles. The molecule has 0 bridgehead atoms. The van der Waals surface area contributed by atoms with Crippen molar-refractivity contribution in [3.8, 4) is 0 Å². The zero-order valence-electron chi connectivity index (χ0n) is 11.6. The van der Waals surface area contributed by atoms with Gasteiger partial charge in [-0.15, -0.1) is 0 Å². The molecule has 0 amide bonds. The van der Waals surface area contributed by atoms with Crippen molar-refractivity contribution >= 4 is 28.2 Å². The Hall–Kier alpha value is -1.47. The van der Waals surface area contributed by atoms with Gasteiger partial charge in [0, 0.05) is 26.7 Å². The first-order valence-corrected chi connectivity index (χ1v) is 7.30. The van der Waals surface area contributed by atoms with Crippen molar-refractivity contribution in [3.05, 3.63) is 10.6 Å². The van der Waals surface area contributed by atoms with Crippen LogP contribution in [0.2, 0.25) is 0 Å². The monoisotopic (exact) mass is 298 g/mol. The number of Topliss-reactive ketones (excluding diaryl/α,β-unsaturated/α-hetero) is 1. The van der Waals surface area contributed by atoms with Crippen molar-refractivity contribution in [1.82, 2.24) is 4.98 Å². The lowest BCUT2D eigenvalue weighted by Crippen LogP contribution is -2.33. The van der Waals surface area contributed by atoms with Gasteiger partial charge in [0.25, 0.3) is 0 Å². The number of carboxylic acid groups (broad SMARTS) is 1. The molecule has 1 saturated heterocycles. The number of aromatic carboxylic acids is 1. The van der Waals surface area contributed by atoms with Gasteiger partial charge in [-0.05, 0) is 18.3 Å². The molecule has 20 heavy (non-hydrogen) atoms. The van der Waals surface area contributed by atoms with Crippen molar-refractivity contribution in [3.63, 3.8) is 0 Å². The van der Waals surface area contributed by atoms with Crippen LogP contribution in [0.1, 0.15) is 46.8 Å². The first-order chi connectivity index (χ1) is 9.41. The summed E-state index contributed by atoms with van der Waals surface area (Å²) in [5.74, 6) is -1.44. The molecule has 2 rings (SSSR count). The van der Waals surface area contributed by atoms with Crippen molar-refractivity contribution in [2.45, 2.75) is 26.7 Å². The number of anilines is 1. The summed E-state index contributed by atoms with van der Waals surface area (Å²) < 4.78 is 5.34. The van der Waals surface area contributed by atoms with E-state index < -0.39 is 5.97 Å². The van der Waals surface area contributed by atoms with Gasteiger partial charge in [0.1, 0.15) is 4.88 Å². The van der Waals surface area contributed by atoms with Gasteiger partial charge in [-0.1, -0.05) is 18.3 Å². The molecule has 6 nitrogen and oxygen atoms in total. The number of carbonyl (C=O) groups excluding carboxylic acids is 1. The summed E-state index contributed by atoms with van der Waals surface area (Å²) in [5, 5.41) is 12.7. The Morgan fingerprint density at radius 1 is 1.45 bits per heavy atom. The van der Waals surface area contributed by atoms with Crippen LogP contribution in [0.4, 0.5) is 5.13 Å². The highest BCUT2D eigenvalue weighted by Crippen LogP contribution is 2.31. The molecule has 1 aromatic rings. The fourth-order valence-electron chi connectivity index (χ4n) is 2.11. The molecule has 2 heterocycles. The predicted octanol–water partition coefficient (Wildman–Crippen LogP) is 2.27. The molecular formula is C13H18N2O4S. The van der Waals surface area contributed by atoms with Crippen LogP contribution in [-0.4, -0.2) is 41.6 Å². The number of carbonyl (C=O) groups is 2. The molecule has 2 N–H and O–H groups in total. The summed E-state index contributed by atoms with van der Waals surface area (Å²) >= 11 is 1.10. The SMILES string of the molecule is CC(=O)c1sc(NCC2(C)CCOCC2)nc1C(=O)O. The van der Waals surface area contributed by atoms with Gasteiger partial charge < -0.3 is 15.2 Å².